The van der Waals surface area contributed by atoms with Crippen LogP contribution in [0.4, 0.5) is 11.5 Å². The fraction of sp³-hybridized carbons (Fsp3) is 0.143. The maximum atomic E-state index is 12.1. The van der Waals surface area contributed by atoms with Crippen LogP contribution < -0.4 is 11.1 Å². The third-order valence-electron chi connectivity index (χ3n) is 2.52. The van der Waals surface area contributed by atoms with Gasteiger partial charge in [0.25, 0.3) is 5.91 Å². The molecule has 2 aromatic rings. The van der Waals surface area contributed by atoms with Crippen LogP contribution >= 0.6 is 11.6 Å². The van der Waals surface area contributed by atoms with Crippen LogP contribution in [-0.2, 0) is 0 Å². The monoisotopic (exact) mass is 275 g/mol. The van der Waals surface area contributed by atoms with E-state index >= 15 is 0 Å². The van der Waals surface area contributed by atoms with E-state index in [-0.39, 0.29) is 5.91 Å². The van der Waals surface area contributed by atoms with Crippen molar-refractivity contribution < 1.29 is 4.79 Å². The van der Waals surface area contributed by atoms with Crippen molar-refractivity contribution in [2.75, 3.05) is 11.1 Å². The van der Waals surface area contributed by atoms with Gasteiger partial charge < -0.3 is 11.1 Å². The number of anilines is 2. The Morgan fingerprint density at radius 3 is 2.58 bits per heavy atom. The van der Waals surface area contributed by atoms with Gasteiger partial charge in [-0.15, -0.1) is 0 Å². The predicted molar refractivity (Wildman–Crippen MR) is 77.5 cm³/mol. The summed E-state index contributed by atoms with van der Waals surface area (Å²) in [4.78, 5) is 16.3. The van der Waals surface area contributed by atoms with Crippen molar-refractivity contribution in [1.82, 2.24) is 4.98 Å². The first-order chi connectivity index (χ1) is 8.94. The van der Waals surface area contributed by atoms with Crippen molar-refractivity contribution in [2.45, 2.75) is 13.8 Å². The summed E-state index contributed by atoms with van der Waals surface area (Å²) < 4.78 is 0. The first-order valence-corrected chi connectivity index (χ1v) is 6.14. The van der Waals surface area contributed by atoms with E-state index in [0.717, 1.165) is 11.3 Å². The van der Waals surface area contributed by atoms with Gasteiger partial charge in [-0.1, -0.05) is 11.6 Å². The standard InChI is InChI=1S/C14H14ClN3O/c1-8-3-9(2)17-13(4-8)18-14(19)10-5-11(15)7-12(16)6-10/h3-7H,16H2,1-2H3,(H,17,18,19). The molecule has 1 heterocycles. The summed E-state index contributed by atoms with van der Waals surface area (Å²) in [7, 11) is 0. The average Bonchev–Trinajstić information content (AvgIpc) is 2.25. The van der Waals surface area contributed by atoms with Crippen LogP contribution in [0.15, 0.2) is 30.3 Å². The predicted octanol–water partition coefficient (Wildman–Crippen LogP) is 3.19. The number of amides is 1. The summed E-state index contributed by atoms with van der Waals surface area (Å²) in [5, 5.41) is 3.16. The minimum absolute atomic E-state index is 0.285. The van der Waals surface area contributed by atoms with Crippen molar-refractivity contribution in [3.8, 4) is 0 Å². The highest BCUT2D eigenvalue weighted by atomic mass is 35.5. The van der Waals surface area contributed by atoms with E-state index < -0.39 is 0 Å². The Kier molecular flexibility index (Phi) is 3.71. The van der Waals surface area contributed by atoms with E-state index in [2.05, 4.69) is 10.3 Å². The molecule has 0 radical (unpaired) electrons. The van der Waals surface area contributed by atoms with Crippen LogP contribution in [0, 0.1) is 13.8 Å². The molecular formula is C14H14ClN3O. The zero-order chi connectivity index (χ0) is 14.0. The van der Waals surface area contributed by atoms with Gasteiger partial charge >= 0.3 is 0 Å². The molecule has 0 aliphatic rings. The van der Waals surface area contributed by atoms with Gasteiger partial charge in [-0.3, -0.25) is 4.79 Å². The number of aryl methyl sites for hydroxylation is 2. The van der Waals surface area contributed by atoms with E-state index in [1.165, 1.54) is 0 Å². The Balaban J connectivity index is 2.25. The van der Waals surface area contributed by atoms with Gasteiger partial charge in [0.2, 0.25) is 0 Å². The normalized spacial score (nSPS) is 10.3. The van der Waals surface area contributed by atoms with Crippen LogP contribution in [-0.4, -0.2) is 10.9 Å². The van der Waals surface area contributed by atoms with E-state index in [4.69, 9.17) is 17.3 Å². The summed E-state index contributed by atoms with van der Waals surface area (Å²) in [5.41, 5.74) is 8.40. The number of nitrogens with zero attached hydrogens (tertiary/aromatic N) is 1. The zero-order valence-corrected chi connectivity index (χ0v) is 11.5. The van der Waals surface area contributed by atoms with E-state index in [9.17, 15) is 4.79 Å². The second kappa shape index (κ2) is 5.28. The number of halogens is 1. The molecule has 98 valence electrons. The molecule has 0 aliphatic carbocycles. The number of benzene rings is 1. The number of aromatic nitrogens is 1. The van der Waals surface area contributed by atoms with Gasteiger partial charge in [-0.2, -0.15) is 0 Å². The first-order valence-electron chi connectivity index (χ1n) is 5.77. The number of pyridine rings is 1. The molecule has 2 rings (SSSR count). The van der Waals surface area contributed by atoms with Crippen molar-refractivity contribution in [1.29, 1.82) is 0 Å². The molecular weight excluding hydrogens is 262 g/mol. The molecule has 0 unspecified atom stereocenters. The van der Waals surface area contributed by atoms with Crippen molar-refractivity contribution in [3.63, 3.8) is 0 Å². The van der Waals surface area contributed by atoms with Crippen LogP contribution in [0.5, 0.6) is 0 Å². The van der Waals surface area contributed by atoms with Gasteiger partial charge in [0.15, 0.2) is 0 Å². The molecule has 0 atom stereocenters. The number of nitrogens with one attached hydrogen (secondary N) is 1. The lowest BCUT2D eigenvalue weighted by Gasteiger charge is -2.07. The van der Waals surface area contributed by atoms with Crippen molar-refractivity contribution in [3.05, 3.63) is 52.2 Å². The van der Waals surface area contributed by atoms with Gasteiger partial charge in [-0.05, 0) is 49.7 Å². The third-order valence-corrected chi connectivity index (χ3v) is 2.74. The second-order valence-electron chi connectivity index (χ2n) is 4.40. The number of nitrogens with two attached hydrogens (primary N) is 1. The molecule has 1 amide bonds. The minimum Gasteiger partial charge on any atom is -0.399 e. The highest BCUT2D eigenvalue weighted by Gasteiger charge is 2.09. The number of carbonyl (C=O) groups is 1. The van der Waals surface area contributed by atoms with E-state index in [1.54, 1.807) is 24.3 Å². The van der Waals surface area contributed by atoms with Crippen LogP contribution in [0.25, 0.3) is 0 Å². The lowest BCUT2D eigenvalue weighted by molar-refractivity contribution is 0.102. The molecule has 0 saturated heterocycles. The largest absolute Gasteiger partial charge is 0.399 e. The number of rotatable bonds is 2. The van der Waals surface area contributed by atoms with Crippen LogP contribution in [0.3, 0.4) is 0 Å². The van der Waals surface area contributed by atoms with Crippen molar-refractivity contribution in [2.24, 2.45) is 0 Å². The number of carbonyl (C=O) groups excluding carboxylic acids is 1. The molecule has 0 saturated carbocycles. The SMILES string of the molecule is Cc1cc(C)nc(NC(=O)c2cc(N)cc(Cl)c2)c1. The maximum absolute atomic E-state index is 12.1. The molecule has 0 bridgehead atoms. The lowest BCUT2D eigenvalue weighted by Crippen LogP contribution is -2.13. The molecule has 0 aliphatic heterocycles. The van der Waals surface area contributed by atoms with Gasteiger partial charge in [0, 0.05) is 22.0 Å². The number of hydrogen-bond donors (Lipinski definition) is 2. The highest BCUT2D eigenvalue weighted by Crippen LogP contribution is 2.18. The fourth-order valence-electron chi connectivity index (χ4n) is 1.84. The summed E-state index contributed by atoms with van der Waals surface area (Å²) >= 11 is 5.87. The molecule has 0 spiro atoms. The Bertz CT molecular complexity index is 600. The van der Waals surface area contributed by atoms with E-state index in [1.807, 2.05) is 19.9 Å². The van der Waals surface area contributed by atoms with Crippen LogP contribution in [0.2, 0.25) is 5.02 Å². The summed E-state index contributed by atoms with van der Waals surface area (Å²) in [5.74, 6) is 0.229. The third kappa shape index (κ3) is 3.45. The number of hydrogen-bond acceptors (Lipinski definition) is 3. The Labute approximate surface area is 116 Å². The minimum atomic E-state index is -0.285. The summed E-state index contributed by atoms with van der Waals surface area (Å²) in [6.07, 6.45) is 0. The molecule has 1 aromatic heterocycles. The fourth-order valence-corrected chi connectivity index (χ4v) is 2.08. The zero-order valence-electron chi connectivity index (χ0n) is 10.7. The molecule has 1 aromatic carbocycles. The average molecular weight is 276 g/mol. The number of nitrogen functional groups attached to an aromatic ring is 1. The molecule has 3 N–H and O–H groups in total. The second-order valence-corrected chi connectivity index (χ2v) is 4.83. The van der Waals surface area contributed by atoms with Gasteiger partial charge in [-0.25, -0.2) is 4.98 Å². The summed E-state index contributed by atoms with van der Waals surface area (Å²) in [6.45, 7) is 3.82. The van der Waals surface area contributed by atoms with Gasteiger partial charge in [0.05, 0.1) is 0 Å². The maximum Gasteiger partial charge on any atom is 0.256 e. The topological polar surface area (TPSA) is 68.0 Å². The Hall–Kier alpha value is -2.07. The Morgan fingerprint density at radius 2 is 1.95 bits per heavy atom. The van der Waals surface area contributed by atoms with E-state index in [0.29, 0.717) is 22.1 Å². The highest BCUT2D eigenvalue weighted by molar-refractivity contribution is 6.31. The van der Waals surface area contributed by atoms with Crippen molar-refractivity contribution >= 4 is 29.0 Å². The molecule has 0 fully saturated rings. The quantitative estimate of drug-likeness (QED) is 0.827. The Morgan fingerprint density at radius 1 is 1.21 bits per heavy atom. The van der Waals surface area contributed by atoms with Crippen LogP contribution in [0.1, 0.15) is 21.6 Å². The molecule has 5 heteroatoms. The molecule has 19 heavy (non-hydrogen) atoms. The van der Waals surface area contributed by atoms with Gasteiger partial charge in [0.1, 0.15) is 5.82 Å². The summed E-state index contributed by atoms with van der Waals surface area (Å²) in [6, 6.07) is 8.47. The molecule has 4 nitrogen and oxygen atoms in total. The first kappa shape index (κ1) is 13.4. The lowest BCUT2D eigenvalue weighted by atomic mass is 10.2. The smallest absolute Gasteiger partial charge is 0.256 e.